The number of hydrogen-bond donors (Lipinski definition) is 0. The van der Waals surface area contributed by atoms with Gasteiger partial charge in [0.15, 0.2) is 0 Å². The maximum atomic E-state index is 4.10. The molecule has 0 aromatic carbocycles. The van der Waals surface area contributed by atoms with Crippen LogP contribution in [-0.4, -0.2) is 0 Å². The average molecular weight is 136 g/mol. The van der Waals surface area contributed by atoms with E-state index in [1.807, 2.05) is 0 Å². The predicted octanol–water partition coefficient (Wildman–Crippen LogP) is 3.00. The molecule has 2 saturated carbocycles. The van der Waals surface area contributed by atoms with Gasteiger partial charge in [-0.3, -0.25) is 0 Å². The zero-order chi connectivity index (χ0) is 7.35. The third-order valence-electron chi connectivity index (χ3n) is 3.67. The fraction of sp³-hybridized carbons (Fsp3) is 0.800. The lowest BCUT2D eigenvalue weighted by Gasteiger charge is -2.15. The molecule has 0 bridgehead atoms. The molecule has 0 spiro atoms. The summed E-state index contributed by atoms with van der Waals surface area (Å²) in [5, 5.41) is 0. The standard InChI is InChI=1S/C10H16/c1-7(2)10-5-4-8(3)9(10)6-10/h7,9H,3-6H2,1-2H3/t9?,10-/m0/s1. The summed E-state index contributed by atoms with van der Waals surface area (Å²) in [4.78, 5) is 0. The first-order valence-electron chi connectivity index (χ1n) is 4.34. The summed E-state index contributed by atoms with van der Waals surface area (Å²) in [5.41, 5.74) is 2.27. The summed E-state index contributed by atoms with van der Waals surface area (Å²) >= 11 is 0. The van der Waals surface area contributed by atoms with E-state index in [2.05, 4.69) is 20.4 Å². The van der Waals surface area contributed by atoms with Crippen LogP contribution in [0.3, 0.4) is 0 Å². The van der Waals surface area contributed by atoms with Crippen molar-refractivity contribution in [1.29, 1.82) is 0 Å². The van der Waals surface area contributed by atoms with Gasteiger partial charge in [-0.15, -0.1) is 0 Å². The summed E-state index contributed by atoms with van der Waals surface area (Å²) in [6, 6.07) is 0. The van der Waals surface area contributed by atoms with Crippen LogP contribution >= 0.6 is 0 Å². The predicted molar refractivity (Wildman–Crippen MR) is 43.8 cm³/mol. The molecular formula is C10H16. The summed E-state index contributed by atoms with van der Waals surface area (Å²) in [7, 11) is 0. The Kier molecular flexibility index (Phi) is 1.07. The van der Waals surface area contributed by atoms with Crippen LogP contribution < -0.4 is 0 Å². The van der Waals surface area contributed by atoms with Crippen molar-refractivity contribution in [3.63, 3.8) is 0 Å². The summed E-state index contributed by atoms with van der Waals surface area (Å²) in [6.45, 7) is 8.82. The summed E-state index contributed by atoms with van der Waals surface area (Å²) in [5.74, 6) is 1.81. The molecule has 0 aliphatic heterocycles. The minimum atomic E-state index is 0.733. The fourth-order valence-electron chi connectivity index (χ4n) is 2.64. The maximum absolute atomic E-state index is 4.10. The van der Waals surface area contributed by atoms with Crippen LogP contribution in [0.5, 0.6) is 0 Å². The largest absolute Gasteiger partial charge is 0.0996 e. The van der Waals surface area contributed by atoms with E-state index in [0.717, 1.165) is 17.3 Å². The molecule has 0 heterocycles. The van der Waals surface area contributed by atoms with Crippen molar-refractivity contribution in [1.82, 2.24) is 0 Å². The zero-order valence-electron chi connectivity index (χ0n) is 6.98. The molecule has 2 aliphatic carbocycles. The van der Waals surface area contributed by atoms with Crippen molar-refractivity contribution in [2.45, 2.75) is 33.1 Å². The van der Waals surface area contributed by atoms with Gasteiger partial charge in [0.05, 0.1) is 0 Å². The molecule has 0 nitrogen and oxygen atoms in total. The van der Waals surface area contributed by atoms with Crippen LogP contribution in [-0.2, 0) is 0 Å². The lowest BCUT2D eigenvalue weighted by molar-refractivity contribution is 0.344. The molecule has 1 unspecified atom stereocenters. The molecule has 0 amide bonds. The van der Waals surface area contributed by atoms with Crippen LogP contribution in [0.4, 0.5) is 0 Å². The van der Waals surface area contributed by atoms with Crippen LogP contribution in [0.25, 0.3) is 0 Å². The van der Waals surface area contributed by atoms with Gasteiger partial charge >= 0.3 is 0 Å². The van der Waals surface area contributed by atoms with Crippen molar-refractivity contribution >= 4 is 0 Å². The Labute approximate surface area is 63.3 Å². The van der Waals surface area contributed by atoms with Gasteiger partial charge in [0.2, 0.25) is 0 Å². The Hall–Kier alpha value is -0.260. The molecule has 2 fully saturated rings. The monoisotopic (exact) mass is 136 g/mol. The van der Waals surface area contributed by atoms with Gasteiger partial charge in [0, 0.05) is 0 Å². The maximum Gasteiger partial charge on any atom is -0.0141 e. The van der Waals surface area contributed by atoms with Gasteiger partial charge in [-0.05, 0) is 36.5 Å². The van der Waals surface area contributed by atoms with Crippen molar-refractivity contribution < 1.29 is 0 Å². The van der Waals surface area contributed by atoms with Gasteiger partial charge in [0.25, 0.3) is 0 Å². The van der Waals surface area contributed by atoms with Gasteiger partial charge < -0.3 is 0 Å². The second-order valence-electron chi connectivity index (χ2n) is 4.30. The Morgan fingerprint density at radius 1 is 1.60 bits per heavy atom. The Morgan fingerprint density at radius 3 is 2.50 bits per heavy atom. The average Bonchev–Trinajstić information content (AvgIpc) is 2.52. The third kappa shape index (κ3) is 0.574. The topological polar surface area (TPSA) is 0 Å². The van der Waals surface area contributed by atoms with Crippen LogP contribution in [0.2, 0.25) is 0 Å². The molecule has 0 heteroatoms. The van der Waals surface area contributed by atoms with Crippen molar-refractivity contribution in [2.24, 2.45) is 17.3 Å². The van der Waals surface area contributed by atoms with E-state index in [0.29, 0.717) is 0 Å². The second-order valence-corrected chi connectivity index (χ2v) is 4.30. The number of fused-ring (bicyclic) bond motifs is 1. The third-order valence-corrected chi connectivity index (χ3v) is 3.67. The molecule has 0 aromatic heterocycles. The van der Waals surface area contributed by atoms with E-state index in [4.69, 9.17) is 0 Å². The minimum Gasteiger partial charge on any atom is -0.0996 e. The van der Waals surface area contributed by atoms with Gasteiger partial charge in [-0.2, -0.15) is 0 Å². The first-order valence-corrected chi connectivity index (χ1v) is 4.34. The molecule has 10 heavy (non-hydrogen) atoms. The van der Waals surface area contributed by atoms with E-state index in [-0.39, 0.29) is 0 Å². The van der Waals surface area contributed by atoms with E-state index in [9.17, 15) is 0 Å². The highest BCUT2D eigenvalue weighted by Crippen LogP contribution is 2.69. The first kappa shape index (κ1) is 6.45. The zero-order valence-corrected chi connectivity index (χ0v) is 6.98. The van der Waals surface area contributed by atoms with Crippen LogP contribution in [0, 0.1) is 17.3 Å². The normalized spacial score (nSPS) is 44.3. The molecule has 56 valence electrons. The summed E-state index contributed by atoms with van der Waals surface area (Å²) < 4.78 is 0. The Balaban J connectivity index is 2.18. The Morgan fingerprint density at radius 2 is 2.30 bits per heavy atom. The van der Waals surface area contributed by atoms with Gasteiger partial charge in [0.1, 0.15) is 0 Å². The molecule has 2 aliphatic rings. The molecule has 2 atom stereocenters. The first-order chi connectivity index (χ1) is 4.67. The van der Waals surface area contributed by atoms with E-state index in [1.54, 1.807) is 0 Å². The van der Waals surface area contributed by atoms with Crippen LogP contribution in [0.15, 0.2) is 12.2 Å². The molecule has 0 N–H and O–H groups in total. The molecular weight excluding hydrogens is 120 g/mol. The number of hydrogen-bond acceptors (Lipinski definition) is 0. The molecule has 0 aromatic rings. The molecule has 2 rings (SSSR count). The molecule has 0 saturated heterocycles. The summed E-state index contributed by atoms with van der Waals surface area (Å²) in [6.07, 6.45) is 4.18. The second kappa shape index (κ2) is 1.66. The van der Waals surface area contributed by atoms with E-state index < -0.39 is 0 Å². The highest BCUT2D eigenvalue weighted by molar-refractivity contribution is 5.26. The minimum absolute atomic E-state index is 0.733. The van der Waals surface area contributed by atoms with Crippen molar-refractivity contribution in [2.75, 3.05) is 0 Å². The van der Waals surface area contributed by atoms with Crippen molar-refractivity contribution in [3.05, 3.63) is 12.2 Å². The quantitative estimate of drug-likeness (QED) is 0.486. The SMILES string of the molecule is C=C1CC[C@@]2(C(C)C)CC12. The van der Waals surface area contributed by atoms with E-state index >= 15 is 0 Å². The fourth-order valence-corrected chi connectivity index (χ4v) is 2.64. The Bertz CT molecular complexity index is 178. The van der Waals surface area contributed by atoms with Gasteiger partial charge in [-0.1, -0.05) is 26.0 Å². The van der Waals surface area contributed by atoms with Crippen LogP contribution in [0.1, 0.15) is 33.1 Å². The van der Waals surface area contributed by atoms with Crippen molar-refractivity contribution in [3.8, 4) is 0 Å². The van der Waals surface area contributed by atoms with E-state index in [1.165, 1.54) is 24.8 Å². The number of rotatable bonds is 1. The highest BCUT2D eigenvalue weighted by Gasteiger charge is 2.59. The van der Waals surface area contributed by atoms with Gasteiger partial charge in [-0.25, -0.2) is 0 Å². The molecule has 0 radical (unpaired) electrons. The number of allylic oxidation sites excluding steroid dienone is 1. The lowest BCUT2D eigenvalue weighted by Crippen LogP contribution is -2.07. The lowest BCUT2D eigenvalue weighted by atomic mass is 9.90. The smallest absolute Gasteiger partial charge is 0.0141 e. The highest BCUT2D eigenvalue weighted by atomic mass is 14.6.